The zero-order valence-corrected chi connectivity index (χ0v) is 29.3. The van der Waals surface area contributed by atoms with E-state index in [1.807, 2.05) is 24.4 Å². The maximum absolute atomic E-state index is 4.43. The van der Waals surface area contributed by atoms with Gasteiger partial charge in [0, 0.05) is 6.20 Å². The molecular formula is C52H37N. The molecule has 0 aliphatic rings. The molecule has 0 radical (unpaired) electrons. The van der Waals surface area contributed by atoms with Crippen molar-refractivity contribution in [1.82, 2.24) is 4.98 Å². The van der Waals surface area contributed by atoms with Crippen LogP contribution in [0.15, 0.2) is 212 Å². The molecule has 250 valence electrons. The molecule has 0 unspecified atom stereocenters. The number of nitrogens with zero attached hydrogens (tertiary/aromatic N) is 1. The highest BCUT2D eigenvalue weighted by atomic mass is 14.6. The number of hydrogen-bond donors (Lipinski definition) is 0. The Bertz CT molecular complexity index is 2510. The molecule has 0 saturated carbocycles. The van der Waals surface area contributed by atoms with Crippen LogP contribution in [-0.2, 0) is 5.41 Å². The van der Waals surface area contributed by atoms with E-state index >= 15 is 0 Å². The summed E-state index contributed by atoms with van der Waals surface area (Å²) in [6.07, 6.45) is 6.00. The zero-order chi connectivity index (χ0) is 35.5. The molecule has 0 aliphatic heterocycles. The Morgan fingerprint density at radius 3 is 1.11 bits per heavy atom. The van der Waals surface area contributed by atoms with Crippen LogP contribution in [0.1, 0.15) is 33.5 Å². The first-order valence-electron chi connectivity index (χ1n) is 18.2. The molecule has 1 aromatic heterocycles. The fourth-order valence-electron chi connectivity index (χ4n) is 8.12. The molecule has 53 heavy (non-hydrogen) atoms. The molecule has 0 atom stereocenters. The summed E-state index contributed by atoms with van der Waals surface area (Å²) in [5, 5.41) is 4.98. The maximum Gasteiger partial charge on any atom is 0.0701 e. The summed E-state index contributed by atoms with van der Waals surface area (Å²) in [4.78, 5) is 4.43. The van der Waals surface area contributed by atoms with Gasteiger partial charge in [-0.25, -0.2) is 0 Å². The predicted octanol–water partition coefficient (Wildman–Crippen LogP) is 13.3. The van der Waals surface area contributed by atoms with Gasteiger partial charge in [-0.2, -0.15) is 0 Å². The molecule has 0 saturated heterocycles. The Morgan fingerprint density at radius 1 is 0.321 bits per heavy atom. The Labute approximate surface area is 311 Å². The second-order valence-electron chi connectivity index (χ2n) is 13.5. The van der Waals surface area contributed by atoms with Crippen LogP contribution in [0.5, 0.6) is 0 Å². The summed E-state index contributed by atoms with van der Waals surface area (Å²) in [5.41, 5.74) is 11.5. The van der Waals surface area contributed by atoms with E-state index in [0.29, 0.717) is 0 Å². The third kappa shape index (κ3) is 5.83. The van der Waals surface area contributed by atoms with Gasteiger partial charge in [-0.3, -0.25) is 4.98 Å². The van der Waals surface area contributed by atoms with E-state index in [9.17, 15) is 0 Å². The molecule has 0 amide bonds. The van der Waals surface area contributed by atoms with E-state index in [4.69, 9.17) is 0 Å². The number of hydrogen-bond acceptors (Lipinski definition) is 1. The average molecular weight is 676 g/mol. The van der Waals surface area contributed by atoms with Crippen molar-refractivity contribution in [3.63, 3.8) is 0 Å². The fraction of sp³-hybridized carbons (Fsp3) is 0.0192. The van der Waals surface area contributed by atoms with Gasteiger partial charge in [0.15, 0.2) is 0 Å². The minimum atomic E-state index is -0.491. The summed E-state index contributed by atoms with van der Waals surface area (Å²) in [6.45, 7) is 0. The van der Waals surface area contributed by atoms with Gasteiger partial charge in [-0.1, -0.05) is 200 Å². The van der Waals surface area contributed by atoms with Gasteiger partial charge in [-0.05, 0) is 89.8 Å². The predicted molar refractivity (Wildman–Crippen MR) is 224 cm³/mol. The van der Waals surface area contributed by atoms with Gasteiger partial charge in [-0.15, -0.1) is 0 Å². The van der Waals surface area contributed by atoms with Crippen molar-refractivity contribution in [2.45, 2.75) is 5.41 Å². The van der Waals surface area contributed by atoms with Crippen molar-refractivity contribution < 1.29 is 0 Å². The SMILES string of the molecule is C(=Cc1ccccn1)c1ccc(-c2c3ccccc3c(-c3ccc(C(c4ccccc4)(c4ccccc4)c4ccccc4)cc3)c3ccccc23)cc1. The number of benzene rings is 8. The lowest BCUT2D eigenvalue weighted by atomic mass is 9.65. The van der Waals surface area contributed by atoms with Crippen LogP contribution in [0.2, 0.25) is 0 Å². The summed E-state index contributed by atoms with van der Waals surface area (Å²) in [6, 6.07) is 74.7. The molecular weight excluding hydrogens is 639 g/mol. The Morgan fingerprint density at radius 2 is 0.698 bits per heavy atom. The van der Waals surface area contributed by atoms with Gasteiger partial charge in [0.1, 0.15) is 0 Å². The maximum atomic E-state index is 4.43. The minimum Gasteiger partial charge on any atom is -0.257 e. The van der Waals surface area contributed by atoms with Gasteiger partial charge in [0.2, 0.25) is 0 Å². The van der Waals surface area contributed by atoms with Crippen molar-refractivity contribution in [1.29, 1.82) is 0 Å². The molecule has 8 aromatic carbocycles. The van der Waals surface area contributed by atoms with Crippen LogP contribution in [-0.4, -0.2) is 4.98 Å². The van der Waals surface area contributed by atoms with Gasteiger partial charge in [0.25, 0.3) is 0 Å². The summed E-state index contributed by atoms with van der Waals surface area (Å²) >= 11 is 0. The van der Waals surface area contributed by atoms with Gasteiger partial charge in [0.05, 0.1) is 11.1 Å². The number of rotatable bonds is 8. The highest BCUT2D eigenvalue weighted by molar-refractivity contribution is 6.21. The zero-order valence-electron chi connectivity index (χ0n) is 29.3. The van der Waals surface area contributed by atoms with E-state index in [-0.39, 0.29) is 0 Å². The second kappa shape index (κ2) is 14.1. The fourth-order valence-corrected chi connectivity index (χ4v) is 8.12. The lowest BCUT2D eigenvalue weighted by Gasteiger charge is -2.37. The second-order valence-corrected chi connectivity index (χ2v) is 13.5. The lowest BCUT2D eigenvalue weighted by Crippen LogP contribution is -2.30. The molecule has 0 bridgehead atoms. The van der Waals surface area contributed by atoms with E-state index in [0.717, 1.165) is 11.3 Å². The first kappa shape index (κ1) is 32.1. The van der Waals surface area contributed by atoms with Crippen molar-refractivity contribution >= 4 is 33.7 Å². The normalized spacial score (nSPS) is 11.7. The van der Waals surface area contributed by atoms with Crippen molar-refractivity contribution in [3.05, 3.63) is 246 Å². The van der Waals surface area contributed by atoms with Crippen LogP contribution in [0.4, 0.5) is 0 Å². The van der Waals surface area contributed by atoms with E-state index in [1.165, 1.54) is 66.1 Å². The lowest BCUT2D eigenvalue weighted by molar-refractivity contribution is 0.745. The van der Waals surface area contributed by atoms with Crippen LogP contribution < -0.4 is 0 Å². The average Bonchev–Trinajstić information content (AvgIpc) is 3.24. The van der Waals surface area contributed by atoms with Crippen LogP contribution >= 0.6 is 0 Å². The van der Waals surface area contributed by atoms with Crippen LogP contribution in [0.3, 0.4) is 0 Å². The smallest absolute Gasteiger partial charge is 0.0701 e. The number of pyridine rings is 1. The van der Waals surface area contributed by atoms with Crippen LogP contribution in [0, 0.1) is 0 Å². The number of aromatic nitrogens is 1. The highest BCUT2D eigenvalue weighted by Gasteiger charge is 2.38. The molecule has 0 spiro atoms. The third-order valence-corrected chi connectivity index (χ3v) is 10.5. The van der Waals surface area contributed by atoms with E-state index < -0.39 is 5.41 Å². The largest absolute Gasteiger partial charge is 0.257 e. The molecule has 9 aromatic rings. The molecule has 0 aliphatic carbocycles. The Kier molecular flexibility index (Phi) is 8.52. The first-order chi connectivity index (χ1) is 26.3. The third-order valence-electron chi connectivity index (χ3n) is 10.5. The van der Waals surface area contributed by atoms with Crippen molar-refractivity contribution in [2.75, 3.05) is 0 Å². The van der Waals surface area contributed by atoms with Crippen LogP contribution in [0.25, 0.3) is 56.0 Å². The molecule has 0 N–H and O–H groups in total. The summed E-state index contributed by atoms with van der Waals surface area (Å²) in [5.74, 6) is 0. The van der Waals surface area contributed by atoms with Gasteiger partial charge < -0.3 is 0 Å². The first-order valence-corrected chi connectivity index (χ1v) is 18.2. The molecule has 1 heteroatoms. The van der Waals surface area contributed by atoms with Crippen molar-refractivity contribution in [3.8, 4) is 22.3 Å². The Balaban J connectivity index is 1.20. The molecule has 1 heterocycles. The monoisotopic (exact) mass is 675 g/mol. The molecule has 0 fully saturated rings. The van der Waals surface area contributed by atoms with E-state index in [2.05, 4.69) is 205 Å². The topological polar surface area (TPSA) is 12.9 Å². The minimum absolute atomic E-state index is 0.491. The Hall–Kier alpha value is -6.83. The highest BCUT2D eigenvalue weighted by Crippen LogP contribution is 2.47. The van der Waals surface area contributed by atoms with E-state index in [1.54, 1.807) is 0 Å². The summed E-state index contributed by atoms with van der Waals surface area (Å²) in [7, 11) is 0. The standard InChI is InChI=1S/C52H37N/c1-4-16-41(17-5-1)52(42-18-6-2-7-19-42,43-20-8-3-9-21-43)44-34-32-40(33-35-44)51-48-25-12-10-23-46(48)50(47-24-11-13-26-49(47)51)39-30-27-38(28-31-39)29-36-45-22-14-15-37-53-45/h1-37H. The quantitative estimate of drug-likeness (QED) is 0.115. The van der Waals surface area contributed by atoms with Crippen molar-refractivity contribution in [2.24, 2.45) is 0 Å². The number of fused-ring (bicyclic) bond motifs is 2. The molecule has 9 rings (SSSR count). The summed E-state index contributed by atoms with van der Waals surface area (Å²) < 4.78 is 0. The van der Waals surface area contributed by atoms with Gasteiger partial charge >= 0.3 is 0 Å². The molecule has 1 nitrogen and oxygen atoms in total.